The average Bonchev–Trinajstić information content (AvgIpc) is 3.89. The summed E-state index contributed by atoms with van der Waals surface area (Å²) in [6, 6.07) is 73.5. The molecule has 0 radical (unpaired) electrons. The Morgan fingerprint density at radius 2 is 1.00 bits per heavy atom. The fourth-order valence-electron chi connectivity index (χ4n) is 8.06. The molecule has 0 aliphatic carbocycles. The van der Waals surface area contributed by atoms with Crippen molar-refractivity contribution in [2.45, 2.75) is 0 Å². The quantitative estimate of drug-likeness (QED) is 0.163. The summed E-state index contributed by atoms with van der Waals surface area (Å²) < 4.78 is 7.54. The summed E-state index contributed by atoms with van der Waals surface area (Å²) in [6.45, 7) is 0. The second kappa shape index (κ2) is 13.8. The van der Waals surface area contributed by atoms with Crippen LogP contribution in [0.15, 0.2) is 211 Å². The van der Waals surface area contributed by atoms with Crippen LogP contribution >= 0.6 is 11.3 Å². The van der Waals surface area contributed by atoms with E-state index in [-0.39, 0.29) is 0 Å². The minimum Gasteiger partial charge on any atom is -0.456 e. The zero-order valence-corrected chi connectivity index (χ0v) is 31.7. The topological polar surface area (TPSA) is 29.3 Å². The predicted molar refractivity (Wildman–Crippen MR) is 241 cm³/mol. The highest BCUT2D eigenvalue weighted by Crippen LogP contribution is 2.44. The Bertz CT molecular complexity index is 3220. The van der Waals surface area contributed by atoms with E-state index in [9.17, 15) is 0 Å². The van der Waals surface area contributed by atoms with Crippen LogP contribution in [0.5, 0.6) is 0 Å². The highest BCUT2D eigenvalue weighted by Gasteiger charge is 2.19. The molecule has 11 aromatic rings. The molecular formula is C53H34N2OS. The third-order valence-electron chi connectivity index (χ3n) is 10.9. The van der Waals surface area contributed by atoms with Gasteiger partial charge in [-0.1, -0.05) is 146 Å². The highest BCUT2D eigenvalue weighted by atomic mass is 32.1. The molecule has 0 saturated carbocycles. The molecule has 0 aliphatic rings. The lowest BCUT2D eigenvalue weighted by Gasteiger charge is -2.28. The summed E-state index contributed by atoms with van der Waals surface area (Å²) >= 11 is 1.72. The number of rotatable bonds is 7. The summed E-state index contributed by atoms with van der Waals surface area (Å²) in [5, 5.41) is 5.73. The maximum Gasteiger partial charge on any atom is 0.137 e. The van der Waals surface area contributed by atoms with Crippen LogP contribution in [0.3, 0.4) is 0 Å². The van der Waals surface area contributed by atoms with Crippen molar-refractivity contribution in [1.29, 1.82) is 0 Å². The summed E-state index contributed by atoms with van der Waals surface area (Å²) in [4.78, 5) is 7.37. The number of hydrogen-bond acceptors (Lipinski definition) is 4. The van der Waals surface area contributed by atoms with Crippen molar-refractivity contribution in [1.82, 2.24) is 4.98 Å². The summed E-state index contributed by atoms with van der Waals surface area (Å²) in [6.07, 6.45) is 0. The Morgan fingerprint density at radius 1 is 0.421 bits per heavy atom. The van der Waals surface area contributed by atoms with Crippen LogP contribution < -0.4 is 4.90 Å². The van der Waals surface area contributed by atoms with Gasteiger partial charge in [0, 0.05) is 33.3 Å². The van der Waals surface area contributed by atoms with E-state index in [1.165, 1.54) is 33.0 Å². The molecule has 0 aliphatic heterocycles. The standard InChI is InChI=1S/C53H34N2OS/c1-3-12-38(13-4-1)45-17-9-10-18-48(45)55(43-26-21-36(22-27-43)41-20-19-35-11-7-8-16-40(35)33-41)44-28-23-37(24-29-44)42-25-31-49-46(34-42)51-50(56-49)32-30-47-52(51)57-53(54-47)39-14-5-2-6-15-39/h1-34H. The molecule has 9 aromatic carbocycles. The summed E-state index contributed by atoms with van der Waals surface area (Å²) in [7, 11) is 0. The Hall–Kier alpha value is -7.27. The molecule has 0 spiro atoms. The van der Waals surface area contributed by atoms with Gasteiger partial charge in [0.05, 0.1) is 15.9 Å². The van der Waals surface area contributed by atoms with E-state index in [1.807, 2.05) is 6.07 Å². The molecule has 3 nitrogen and oxygen atoms in total. The van der Waals surface area contributed by atoms with E-state index in [1.54, 1.807) is 11.3 Å². The molecule has 0 bridgehead atoms. The van der Waals surface area contributed by atoms with Crippen LogP contribution in [0.2, 0.25) is 0 Å². The van der Waals surface area contributed by atoms with Crippen molar-refractivity contribution in [2.24, 2.45) is 0 Å². The number of nitrogens with zero attached hydrogens (tertiary/aromatic N) is 2. The van der Waals surface area contributed by atoms with Crippen molar-refractivity contribution in [2.75, 3.05) is 4.90 Å². The molecule has 57 heavy (non-hydrogen) atoms. The number of benzene rings is 9. The second-order valence-electron chi connectivity index (χ2n) is 14.4. The third-order valence-corrected chi connectivity index (χ3v) is 12.0. The summed E-state index contributed by atoms with van der Waals surface area (Å²) in [5.41, 5.74) is 14.2. The Morgan fingerprint density at radius 3 is 1.74 bits per heavy atom. The molecule has 0 unspecified atom stereocenters. The van der Waals surface area contributed by atoms with Crippen molar-refractivity contribution in [3.05, 3.63) is 206 Å². The molecule has 4 heteroatoms. The average molecular weight is 747 g/mol. The van der Waals surface area contributed by atoms with Crippen molar-refractivity contribution in [3.8, 4) is 44.0 Å². The Balaban J connectivity index is 0.995. The lowest BCUT2D eigenvalue weighted by atomic mass is 9.99. The first-order chi connectivity index (χ1) is 28.2. The number of anilines is 3. The Kier molecular flexibility index (Phi) is 8.01. The minimum atomic E-state index is 0.878. The van der Waals surface area contributed by atoms with Crippen LogP contribution in [0, 0.1) is 0 Å². The van der Waals surface area contributed by atoms with Gasteiger partial charge in [0.2, 0.25) is 0 Å². The first-order valence-corrected chi connectivity index (χ1v) is 20.0. The van der Waals surface area contributed by atoms with E-state index in [0.29, 0.717) is 0 Å². The van der Waals surface area contributed by atoms with Gasteiger partial charge in [-0.3, -0.25) is 0 Å². The number of thiazole rings is 1. The fraction of sp³-hybridized carbons (Fsp3) is 0. The van der Waals surface area contributed by atoms with Crippen LogP contribution in [0.4, 0.5) is 17.1 Å². The van der Waals surface area contributed by atoms with E-state index >= 15 is 0 Å². The number of fused-ring (bicyclic) bond motifs is 6. The van der Waals surface area contributed by atoms with Crippen LogP contribution in [0.25, 0.3) is 86.9 Å². The fourth-order valence-corrected chi connectivity index (χ4v) is 9.19. The molecule has 2 heterocycles. The maximum absolute atomic E-state index is 6.39. The molecule has 11 rings (SSSR count). The zero-order chi connectivity index (χ0) is 37.7. The van der Waals surface area contributed by atoms with Gasteiger partial charge in [0.25, 0.3) is 0 Å². The van der Waals surface area contributed by atoms with Gasteiger partial charge < -0.3 is 9.32 Å². The molecule has 2 aromatic heterocycles. The lowest BCUT2D eigenvalue weighted by molar-refractivity contribution is 0.669. The monoisotopic (exact) mass is 746 g/mol. The van der Waals surface area contributed by atoms with Crippen molar-refractivity contribution in [3.63, 3.8) is 0 Å². The molecule has 0 amide bonds. The summed E-state index contributed by atoms with van der Waals surface area (Å²) in [5.74, 6) is 0. The van der Waals surface area contributed by atoms with Crippen molar-refractivity contribution < 1.29 is 4.42 Å². The van der Waals surface area contributed by atoms with Crippen molar-refractivity contribution >= 4 is 71.3 Å². The van der Waals surface area contributed by atoms with E-state index in [4.69, 9.17) is 9.40 Å². The van der Waals surface area contributed by atoms with Gasteiger partial charge in [-0.05, 0) is 99.3 Å². The number of para-hydroxylation sites is 1. The van der Waals surface area contributed by atoms with E-state index in [2.05, 4.69) is 205 Å². The SMILES string of the molecule is c1ccc(-c2nc3ccc4oc5ccc(-c6ccc(N(c7ccc(-c8ccc9ccccc9c8)cc7)c7ccccc7-c7ccccc7)cc6)cc5c4c3s2)cc1. The molecule has 0 N–H and O–H groups in total. The normalized spacial score (nSPS) is 11.5. The first kappa shape index (κ1) is 33.1. The Labute approximate surface area is 334 Å². The first-order valence-electron chi connectivity index (χ1n) is 19.2. The maximum atomic E-state index is 6.39. The highest BCUT2D eigenvalue weighted by molar-refractivity contribution is 7.22. The third kappa shape index (κ3) is 5.95. The molecule has 0 atom stereocenters. The van der Waals surface area contributed by atoms with Gasteiger partial charge >= 0.3 is 0 Å². The van der Waals surface area contributed by atoms with E-state index in [0.717, 1.165) is 70.9 Å². The number of aromatic nitrogens is 1. The second-order valence-corrected chi connectivity index (χ2v) is 15.4. The smallest absolute Gasteiger partial charge is 0.137 e. The van der Waals surface area contributed by atoms with Gasteiger partial charge in [-0.25, -0.2) is 4.98 Å². The van der Waals surface area contributed by atoms with Gasteiger partial charge in [-0.15, -0.1) is 11.3 Å². The van der Waals surface area contributed by atoms with Crippen LogP contribution in [-0.2, 0) is 0 Å². The van der Waals surface area contributed by atoms with Crippen LogP contribution in [0.1, 0.15) is 0 Å². The molecule has 268 valence electrons. The zero-order valence-electron chi connectivity index (χ0n) is 30.8. The van der Waals surface area contributed by atoms with Crippen LogP contribution in [-0.4, -0.2) is 4.98 Å². The molecule has 0 saturated heterocycles. The minimum absolute atomic E-state index is 0.878. The predicted octanol–water partition coefficient (Wildman–Crippen LogP) is 15.5. The number of furan rings is 1. The number of hydrogen-bond donors (Lipinski definition) is 0. The van der Waals surface area contributed by atoms with E-state index < -0.39 is 0 Å². The van der Waals surface area contributed by atoms with Gasteiger partial charge in [0.15, 0.2) is 0 Å². The molecular weight excluding hydrogens is 713 g/mol. The van der Waals surface area contributed by atoms with Gasteiger partial charge in [-0.2, -0.15) is 0 Å². The van der Waals surface area contributed by atoms with Gasteiger partial charge in [0.1, 0.15) is 16.2 Å². The lowest BCUT2D eigenvalue weighted by Crippen LogP contribution is -2.11. The molecule has 0 fully saturated rings. The largest absolute Gasteiger partial charge is 0.456 e.